The first-order valence-electron chi connectivity index (χ1n) is 5.35. The van der Waals surface area contributed by atoms with E-state index in [1.165, 1.54) is 26.3 Å². The van der Waals surface area contributed by atoms with Crippen LogP contribution in [0.1, 0.15) is 26.2 Å². The van der Waals surface area contributed by atoms with Crippen LogP contribution in [0.4, 0.5) is 4.79 Å². The lowest BCUT2D eigenvalue weighted by atomic mass is 10.1. The minimum absolute atomic E-state index is 0.0412. The molecule has 0 aromatic carbocycles. The van der Waals surface area contributed by atoms with Crippen LogP contribution in [0.5, 0.6) is 0 Å². The van der Waals surface area contributed by atoms with E-state index in [2.05, 4.69) is 5.32 Å². The first-order valence-corrected chi connectivity index (χ1v) is 5.35. The van der Waals surface area contributed by atoms with Crippen LogP contribution < -0.4 is 5.32 Å². The van der Waals surface area contributed by atoms with Crippen molar-refractivity contribution in [2.45, 2.75) is 32.2 Å². The maximum absolute atomic E-state index is 11.1. The van der Waals surface area contributed by atoms with Crippen molar-refractivity contribution in [3.8, 4) is 0 Å². The van der Waals surface area contributed by atoms with E-state index in [9.17, 15) is 10.0 Å². The van der Waals surface area contributed by atoms with Gasteiger partial charge >= 0.3 is 6.03 Å². The molecule has 0 radical (unpaired) electrons. The van der Waals surface area contributed by atoms with Crippen molar-refractivity contribution in [1.29, 1.82) is 0 Å². The Bertz CT molecular complexity index is 240. The highest BCUT2D eigenvalue weighted by atomic mass is 16.5. The molecular weight excluding hydrogens is 180 g/mol. The number of nitrogens with one attached hydrogen (secondary N) is 1. The maximum Gasteiger partial charge on any atom is 0.341 e. The summed E-state index contributed by atoms with van der Waals surface area (Å²) in [7, 11) is 1.53. The minimum Gasteiger partial charge on any atom is -0.339 e. The normalized spacial score (nSPS) is 32.2. The minimum atomic E-state index is -0.404. The number of carbonyl (C=O) groups is 1. The molecule has 0 aromatic rings. The standard InChI is InChI=1S/C10H18N2O2/c1-6(12(14)10(13)11-2)8-5-9(8)7-3-4-7/h6-9,14H,3-5H2,1-2H3,(H,11,13). The number of rotatable bonds is 3. The fourth-order valence-electron chi connectivity index (χ4n) is 2.34. The van der Waals surface area contributed by atoms with Gasteiger partial charge in [-0.15, -0.1) is 0 Å². The molecule has 2 fully saturated rings. The second kappa shape index (κ2) is 3.42. The molecule has 2 saturated carbocycles. The molecular formula is C10H18N2O2. The van der Waals surface area contributed by atoms with Crippen molar-refractivity contribution in [2.24, 2.45) is 17.8 Å². The SMILES string of the molecule is CNC(=O)N(O)C(C)C1CC1C1CC1. The average molecular weight is 198 g/mol. The van der Waals surface area contributed by atoms with Crippen LogP contribution in [0.25, 0.3) is 0 Å². The van der Waals surface area contributed by atoms with Crippen LogP contribution in [0.15, 0.2) is 0 Å². The van der Waals surface area contributed by atoms with Crippen LogP contribution >= 0.6 is 0 Å². The second-order valence-corrected chi connectivity index (χ2v) is 4.54. The molecule has 0 spiro atoms. The molecule has 0 bridgehead atoms. The van der Waals surface area contributed by atoms with E-state index >= 15 is 0 Å². The number of amides is 2. The van der Waals surface area contributed by atoms with Crippen molar-refractivity contribution in [3.05, 3.63) is 0 Å². The lowest BCUT2D eigenvalue weighted by Gasteiger charge is -2.22. The first kappa shape index (κ1) is 9.77. The lowest BCUT2D eigenvalue weighted by Crippen LogP contribution is -2.42. The molecule has 0 saturated heterocycles. The molecule has 0 heterocycles. The average Bonchev–Trinajstić information content (AvgIpc) is 3.03. The number of carbonyl (C=O) groups excluding carboxylic acids is 1. The quantitative estimate of drug-likeness (QED) is 0.532. The summed E-state index contributed by atoms with van der Waals surface area (Å²) in [4.78, 5) is 11.1. The van der Waals surface area contributed by atoms with Gasteiger partial charge in [0, 0.05) is 7.05 Å². The molecule has 3 unspecified atom stereocenters. The number of hydroxylamine groups is 2. The van der Waals surface area contributed by atoms with E-state index in [0.29, 0.717) is 5.92 Å². The summed E-state index contributed by atoms with van der Waals surface area (Å²) in [5.74, 6) is 2.18. The van der Waals surface area contributed by atoms with E-state index in [1.54, 1.807) is 0 Å². The first-order chi connectivity index (χ1) is 6.65. The summed E-state index contributed by atoms with van der Waals surface area (Å²) >= 11 is 0. The van der Waals surface area contributed by atoms with Gasteiger partial charge in [0.05, 0.1) is 6.04 Å². The largest absolute Gasteiger partial charge is 0.341 e. The van der Waals surface area contributed by atoms with Crippen LogP contribution in [-0.2, 0) is 0 Å². The summed E-state index contributed by atoms with van der Waals surface area (Å²) in [5.41, 5.74) is 0. The predicted molar refractivity (Wildman–Crippen MR) is 51.9 cm³/mol. The van der Waals surface area contributed by atoms with Gasteiger partial charge in [0.25, 0.3) is 0 Å². The fourth-order valence-corrected chi connectivity index (χ4v) is 2.34. The molecule has 0 aliphatic heterocycles. The van der Waals surface area contributed by atoms with Gasteiger partial charge in [-0.25, -0.2) is 9.86 Å². The lowest BCUT2D eigenvalue weighted by molar-refractivity contribution is -0.0797. The molecule has 2 amide bonds. The number of hydrogen-bond acceptors (Lipinski definition) is 2. The Hall–Kier alpha value is -0.770. The highest BCUT2D eigenvalue weighted by Gasteiger charge is 2.51. The molecule has 2 rings (SSSR count). The van der Waals surface area contributed by atoms with E-state index < -0.39 is 6.03 Å². The molecule has 2 N–H and O–H groups in total. The molecule has 80 valence electrons. The predicted octanol–water partition coefficient (Wildman–Crippen LogP) is 1.45. The summed E-state index contributed by atoms with van der Waals surface area (Å²) < 4.78 is 0. The summed E-state index contributed by atoms with van der Waals surface area (Å²) in [6.07, 6.45) is 3.87. The van der Waals surface area contributed by atoms with Crippen molar-refractivity contribution >= 4 is 6.03 Å². The van der Waals surface area contributed by atoms with Gasteiger partial charge in [0.15, 0.2) is 0 Å². The Morgan fingerprint density at radius 1 is 1.57 bits per heavy atom. The molecule has 14 heavy (non-hydrogen) atoms. The third kappa shape index (κ3) is 1.71. The maximum atomic E-state index is 11.1. The third-order valence-corrected chi connectivity index (χ3v) is 3.55. The van der Waals surface area contributed by atoms with Crippen LogP contribution in [0, 0.1) is 17.8 Å². The number of hydrogen-bond donors (Lipinski definition) is 2. The van der Waals surface area contributed by atoms with Gasteiger partial charge in [-0.2, -0.15) is 0 Å². The summed E-state index contributed by atoms with van der Waals surface area (Å²) in [5, 5.41) is 12.8. The van der Waals surface area contributed by atoms with Gasteiger partial charge in [-0.1, -0.05) is 0 Å². The Labute approximate surface area is 84.2 Å². The van der Waals surface area contributed by atoms with Gasteiger partial charge in [-0.3, -0.25) is 5.21 Å². The van der Waals surface area contributed by atoms with Gasteiger partial charge in [-0.05, 0) is 43.9 Å². The van der Waals surface area contributed by atoms with E-state index in [4.69, 9.17) is 0 Å². The summed E-state index contributed by atoms with van der Waals surface area (Å²) in [6, 6.07) is -0.445. The highest BCUT2D eigenvalue weighted by Crippen LogP contribution is 2.56. The van der Waals surface area contributed by atoms with Gasteiger partial charge in [0.2, 0.25) is 0 Å². The zero-order valence-corrected chi connectivity index (χ0v) is 8.73. The Kier molecular flexibility index (Phi) is 2.39. The molecule has 0 aromatic heterocycles. The van der Waals surface area contributed by atoms with Gasteiger partial charge < -0.3 is 5.32 Å². The molecule has 4 nitrogen and oxygen atoms in total. The Balaban J connectivity index is 1.83. The smallest absolute Gasteiger partial charge is 0.339 e. The summed E-state index contributed by atoms with van der Waals surface area (Å²) in [6.45, 7) is 1.92. The molecule has 3 atom stereocenters. The molecule has 4 heteroatoms. The van der Waals surface area contributed by atoms with Gasteiger partial charge in [0.1, 0.15) is 0 Å². The van der Waals surface area contributed by atoms with Crippen LogP contribution in [-0.4, -0.2) is 29.4 Å². The second-order valence-electron chi connectivity index (χ2n) is 4.54. The topological polar surface area (TPSA) is 52.6 Å². The van der Waals surface area contributed by atoms with Crippen molar-refractivity contribution in [3.63, 3.8) is 0 Å². The van der Waals surface area contributed by atoms with Crippen LogP contribution in [0.3, 0.4) is 0 Å². The highest BCUT2D eigenvalue weighted by molar-refractivity contribution is 5.72. The zero-order valence-electron chi connectivity index (χ0n) is 8.73. The van der Waals surface area contributed by atoms with Crippen LogP contribution in [0.2, 0.25) is 0 Å². The number of nitrogens with zero attached hydrogens (tertiary/aromatic N) is 1. The monoisotopic (exact) mass is 198 g/mol. The zero-order chi connectivity index (χ0) is 10.3. The van der Waals surface area contributed by atoms with E-state index in [0.717, 1.165) is 16.9 Å². The molecule has 2 aliphatic rings. The Morgan fingerprint density at radius 2 is 2.21 bits per heavy atom. The number of urea groups is 1. The van der Waals surface area contributed by atoms with Crippen molar-refractivity contribution in [1.82, 2.24) is 10.4 Å². The van der Waals surface area contributed by atoms with Crippen molar-refractivity contribution in [2.75, 3.05) is 7.05 Å². The Morgan fingerprint density at radius 3 is 2.71 bits per heavy atom. The van der Waals surface area contributed by atoms with E-state index in [-0.39, 0.29) is 6.04 Å². The third-order valence-electron chi connectivity index (χ3n) is 3.55. The molecule has 2 aliphatic carbocycles. The fraction of sp³-hybridized carbons (Fsp3) is 0.900. The van der Waals surface area contributed by atoms with E-state index in [1.807, 2.05) is 6.92 Å². The van der Waals surface area contributed by atoms with Crippen molar-refractivity contribution < 1.29 is 10.0 Å².